The highest BCUT2D eigenvalue weighted by Crippen LogP contribution is 2.36. The molecule has 0 amide bonds. The van der Waals surface area contributed by atoms with Gasteiger partial charge in [0.05, 0.1) is 0 Å². The van der Waals surface area contributed by atoms with Gasteiger partial charge < -0.3 is 0 Å². The topological polar surface area (TPSA) is 0 Å². The van der Waals surface area contributed by atoms with Crippen molar-refractivity contribution in [3.8, 4) is 0 Å². The number of hydrogen-bond donors (Lipinski definition) is 0. The van der Waals surface area contributed by atoms with Gasteiger partial charge in [-0.05, 0) is 125 Å². The SMILES string of the molecule is C1=C2CCCCC2=CC1.C1CCC2=C(C1)CCC2.c1ccc2c(c1)CCCC2. The summed E-state index contributed by atoms with van der Waals surface area (Å²) >= 11 is 0. The van der Waals surface area contributed by atoms with Gasteiger partial charge >= 0.3 is 0 Å². The molecule has 28 heavy (non-hydrogen) atoms. The van der Waals surface area contributed by atoms with Crippen molar-refractivity contribution in [3.05, 3.63) is 69.8 Å². The van der Waals surface area contributed by atoms with E-state index < -0.39 is 0 Å². The van der Waals surface area contributed by atoms with Gasteiger partial charge in [-0.15, -0.1) is 0 Å². The summed E-state index contributed by atoms with van der Waals surface area (Å²) in [5.74, 6) is 0. The Bertz CT molecular complexity index is 682. The van der Waals surface area contributed by atoms with Crippen molar-refractivity contribution in [1.82, 2.24) is 0 Å². The molecule has 0 N–H and O–H groups in total. The molecule has 1 aromatic rings. The predicted octanol–water partition coefficient (Wildman–Crippen LogP) is 8.42. The minimum absolute atomic E-state index is 1.21. The molecule has 0 aromatic heterocycles. The predicted molar refractivity (Wildman–Crippen MR) is 122 cm³/mol. The average molecular weight is 375 g/mol. The van der Waals surface area contributed by atoms with Crippen LogP contribution < -0.4 is 0 Å². The van der Waals surface area contributed by atoms with Crippen LogP contribution in [0, 0.1) is 0 Å². The summed E-state index contributed by atoms with van der Waals surface area (Å²) in [5.41, 5.74) is 10.1. The Hall–Kier alpha value is -1.56. The second kappa shape index (κ2) is 10.3. The maximum absolute atomic E-state index is 2.38. The Morgan fingerprint density at radius 3 is 1.39 bits per heavy atom. The van der Waals surface area contributed by atoms with Crippen molar-refractivity contribution in [2.75, 3.05) is 0 Å². The fourth-order valence-corrected chi connectivity index (χ4v) is 5.59. The zero-order valence-electron chi connectivity index (χ0n) is 17.8. The molecule has 0 bridgehead atoms. The van der Waals surface area contributed by atoms with E-state index in [0.717, 1.165) is 0 Å². The molecule has 0 unspecified atom stereocenters. The molecule has 0 heteroatoms. The third-order valence-corrected chi connectivity index (χ3v) is 7.21. The summed E-state index contributed by atoms with van der Waals surface area (Å²) in [6.07, 6.45) is 27.1. The maximum Gasteiger partial charge on any atom is -0.0157 e. The van der Waals surface area contributed by atoms with Crippen LogP contribution in [0.3, 0.4) is 0 Å². The van der Waals surface area contributed by atoms with Gasteiger partial charge in [0.15, 0.2) is 0 Å². The van der Waals surface area contributed by atoms with E-state index in [1.165, 1.54) is 103 Å². The van der Waals surface area contributed by atoms with Crippen LogP contribution in [0.15, 0.2) is 58.7 Å². The van der Waals surface area contributed by atoms with Crippen LogP contribution in [-0.4, -0.2) is 0 Å². The summed E-state index contributed by atoms with van der Waals surface area (Å²) in [5, 5.41) is 0. The van der Waals surface area contributed by atoms with Crippen molar-refractivity contribution in [2.45, 2.75) is 103 Å². The van der Waals surface area contributed by atoms with Gasteiger partial charge in [0.25, 0.3) is 0 Å². The Morgan fingerprint density at radius 1 is 0.429 bits per heavy atom. The molecule has 0 atom stereocenters. The van der Waals surface area contributed by atoms with E-state index in [1.807, 2.05) is 11.1 Å². The van der Waals surface area contributed by atoms with Crippen LogP contribution in [0.1, 0.15) is 101 Å². The first kappa shape index (κ1) is 19.7. The van der Waals surface area contributed by atoms with Gasteiger partial charge in [-0.25, -0.2) is 0 Å². The van der Waals surface area contributed by atoms with E-state index in [0.29, 0.717) is 0 Å². The minimum atomic E-state index is 1.21. The highest BCUT2D eigenvalue weighted by Gasteiger charge is 2.16. The molecule has 0 saturated heterocycles. The van der Waals surface area contributed by atoms with Gasteiger partial charge in [-0.3, -0.25) is 0 Å². The van der Waals surface area contributed by atoms with E-state index >= 15 is 0 Å². The van der Waals surface area contributed by atoms with Crippen molar-refractivity contribution < 1.29 is 0 Å². The molecule has 5 aliphatic carbocycles. The quantitative estimate of drug-likeness (QED) is 0.400. The molecule has 1 aromatic carbocycles. The highest BCUT2D eigenvalue weighted by molar-refractivity contribution is 5.38. The van der Waals surface area contributed by atoms with E-state index in [2.05, 4.69) is 36.4 Å². The lowest BCUT2D eigenvalue weighted by Crippen LogP contribution is -2.00. The molecule has 0 nitrogen and oxygen atoms in total. The van der Waals surface area contributed by atoms with Crippen LogP contribution in [0.5, 0.6) is 0 Å². The smallest absolute Gasteiger partial charge is 0.0157 e. The lowest BCUT2D eigenvalue weighted by atomic mass is 9.92. The van der Waals surface area contributed by atoms with Crippen molar-refractivity contribution >= 4 is 0 Å². The first-order valence-electron chi connectivity index (χ1n) is 12.0. The molecule has 0 radical (unpaired) electrons. The fraction of sp³-hybridized carbons (Fsp3) is 0.571. The highest BCUT2D eigenvalue weighted by atomic mass is 14.2. The molecule has 0 aliphatic heterocycles. The molecule has 0 heterocycles. The van der Waals surface area contributed by atoms with Crippen LogP contribution in [0.4, 0.5) is 0 Å². The third kappa shape index (κ3) is 5.28. The molecule has 150 valence electrons. The second-order valence-corrected chi connectivity index (χ2v) is 9.15. The zero-order valence-corrected chi connectivity index (χ0v) is 17.8. The molecule has 1 fully saturated rings. The largest absolute Gasteiger partial charge is 0.0772 e. The lowest BCUT2D eigenvalue weighted by Gasteiger charge is -2.13. The van der Waals surface area contributed by atoms with Crippen LogP contribution in [0.25, 0.3) is 0 Å². The second-order valence-electron chi connectivity index (χ2n) is 9.15. The molecule has 1 saturated carbocycles. The summed E-state index contributed by atoms with van der Waals surface area (Å²) < 4.78 is 0. The Morgan fingerprint density at radius 2 is 0.857 bits per heavy atom. The summed E-state index contributed by atoms with van der Waals surface area (Å²) in [7, 11) is 0. The maximum atomic E-state index is 2.38. The molecular weight excluding hydrogens is 336 g/mol. The zero-order chi connectivity index (χ0) is 19.0. The summed E-state index contributed by atoms with van der Waals surface area (Å²) in [4.78, 5) is 0. The third-order valence-electron chi connectivity index (χ3n) is 7.21. The Balaban J connectivity index is 0.000000103. The number of fused-ring (bicyclic) bond motifs is 2. The van der Waals surface area contributed by atoms with Gasteiger partial charge in [-0.2, -0.15) is 0 Å². The lowest BCUT2D eigenvalue weighted by molar-refractivity contribution is 0.672. The molecule has 6 rings (SSSR count). The van der Waals surface area contributed by atoms with Crippen molar-refractivity contribution in [2.24, 2.45) is 0 Å². The first-order valence-corrected chi connectivity index (χ1v) is 12.0. The standard InChI is InChI=1S/C10H12.C9H14.C9H12/c1-2-6-10-8-4-3-7-9(10)5-1;2*1-2-5-9-7-3-6-8(9)4-1/h1-2,5-6H,3-4,7-8H2;1-7H2;6-7H,1-5H2. The van der Waals surface area contributed by atoms with E-state index in [4.69, 9.17) is 0 Å². The first-order chi connectivity index (χ1) is 13.9. The number of rotatable bonds is 0. The van der Waals surface area contributed by atoms with E-state index in [9.17, 15) is 0 Å². The fourth-order valence-electron chi connectivity index (χ4n) is 5.59. The number of hydrogen-bond acceptors (Lipinski definition) is 0. The van der Waals surface area contributed by atoms with Gasteiger partial charge in [0.1, 0.15) is 0 Å². The number of allylic oxidation sites excluding steroid dienone is 6. The summed E-state index contributed by atoms with van der Waals surface area (Å²) in [6.45, 7) is 0. The van der Waals surface area contributed by atoms with Crippen LogP contribution in [0.2, 0.25) is 0 Å². The van der Waals surface area contributed by atoms with Gasteiger partial charge in [0, 0.05) is 0 Å². The van der Waals surface area contributed by atoms with Crippen LogP contribution in [-0.2, 0) is 12.8 Å². The minimum Gasteiger partial charge on any atom is -0.0772 e. The van der Waals surface area contributed by atoms with Crippen LogP contribution >= 0.6 is 0 Å². The molecule has 0 spiro atoms. The van der Waals surface area contributed by atoms with Crippen molar-refractivity contribution in [1.29, 1.82) is 0 Å². The van der Waals surface area contributed by atoms with Gasteiger partial charge in [-0.1, -0.05) is 47.6 Å². The summed E-state index contributed by atoms with van der Waals surface area (Å²) in [6, 6.07) is 8.80. The normalized spacial score (nSPS) is 22.4. The van der Waals surface area contributed by atoms with E-state index in [1.54, 1.807) is 22.3 Å². The van der Waals surface area contributed by atoms with Crippen molar-refractivity contribution in [3.63, 3.8) is 0 Å². The van der Waals surface area contributed by atoms with Gasteiger partial charge in [0.2, 0.25) is 0 Å². The Kier molecular flexibility index (Phi) is 7.25. The molecular formula is C28H38. The monoisotopic (exact) mass is 374 g/mol. The number of benzene rings is 1. The number of aryl methyl sites for hydroxylation is 2. The average Bonchev–Trinajstić information content (AvgIpc) is 3.44. The van der Waals surface area contributed by atoms with E-state index in [-0.39, 0.29) is 0 Å². The molecule has 5 aliphatic rings. The Labute approximate surface area is 172 Å².